The van der Waals surface area contributed by atoms with Gasteiger partial charge in [-0.15, -0.1) is 0 Å². The van der Waals surface area contributed by atoms with Gasteiger partial charge in [-0.05, 0) is 25.2 Å². The molecule has 5 nitrogen and oxygen atoms in total. The maximum atomic E-state index is 12.4. The lowest BCUT2D eigenvalue weighted by Crippen LogP contribution is -2.41. The summed E-state index contributed by atoms with van der Waals surface area (Å²) in [5.41, 5.74) is 0. The zero-order chi connectivity index (χ0) is 14.7. The van der Waals surface area contributed by atoms with E-state index in [9.17, 15) is 9.59 Å². The van der Waals surface area contributed by atoms with Gasteiger partial charge in [0, 0.05) is 39.0 Å². The van der Waals surface area contributed by atoms with E-state index in [4.69, 9.17) is 4.74 Å². The van der Waals surface area contributed by atoms with Crippen LogP contribution in [0.5, 0.6) is 0 Å². The zero-order valence-electron chi connectivity index (χ0n) is 12.8. The Morgan fingerprint density at radius 2 is 1.86 bits per heavy atom. The van der Waals surface area contributed by atoms with E-state index in [1.165, 1.54) is 25.7 Å². The first-order chi connectivity index (χ1) is 10.2. The van der Waals surface area contributed by atoms with Crippen LogP contribution in [0.4, 0.5) is 0 Å². The van der Waals surface area contributed by atoms with E-state index in [2.05, 4.69) is 4.90 Å². The van der Waals surface area contributed by atoms with Crippen molar-refractivity contribution in [3.8, 4) is 0 Å². The standard InChI is InChI=1S/C16H26N2O3/c19-15(12-13-4-1-2-5-13)18-8-3-7-17(9-10-18)14-6-11-21-16(14)20/h13-14H,1-12H2/t14-/m0/s1. The maximum absolute atomic E-state index is 12.4. The number of carbonyl (C=O) groups excluding carboxylic acids is 2. The van der Waals surface area contributed by atoms with E-state index >= 15 is 0 Å². The molecular formula is C16H26N2O3. The van der Waals surface area contributed by atoms with E-state index in [1.807, 2.05) is 4.90 Å². The smallest absolute Gasteiger partial charge is 0.323 e. The van der Waals surface area contributed by atoms with Crippen molar-refractivity contribution in [2.24, 2.45) is 5.92 Å². The SMILES string of the molecule is O=C1OCC[C@@H]1N1CCCN(C(=O)CC2CCCC2)CC1. The monoisotopic (exact) mass is 294 g/mol. The van der Waals surface area contributed by atoms with Gasteiger partial charge in [-0.3, -0.25) is 14.5 Å². The van der Waals surface area contributed by atoms with Gasteiger partial charge in [0.15, 0.2) is 0 Å². The number of rotatable bonds is 3. The molecule has 0 aromatic rings. The number of hydrogen-bond donors (Lipinski definition) is 0. The predicted octanol–water partition coefficient (Wildman–Crippen LogP) is 1.42. The third-order valence-corrected chi connectivity index (χ3v) is 5.17. The molecule has 1 amide bonds. The summed E-state index contributed by atoms with van der Waals surface area (Å²) in [5, 5.41) is 0. The highest BCUT2D eigenvalue weighted by Crippen LogP contribution is 2.28. The number of amides is 1. The van der Waals surface area contributed by atoms with Crippen LogP contribution in [0.1, 0.15) is 44.9 Å². The van der Waals surface area contributed by atoms with Gasteiger partial charge in [0.25, 0.3) is 0 Å². The highest BCUT2D eigenvalue weighted by Gasteiger charge is 2.33. The second-order valence-corrected chi connectivity index (χ2v) is 6.60. The lowest BCUT2D eigenvalue weighted by Gasteiger charge is -2.25. The van der Waals surface area contributed by atoms with E-state index in [1.54, 1.807) is 0 Å². The van der Waals surface area contributed by atoms with Gasteiger partial charge in [-0.1, -0.05) is 12.8 Å². The Hall–Kier alpha value is -1.10. The Kier molecular flexibility index (Phi) is 4.78. The van der Waals surface area contributed by atoms with Gasteiger partial charge in [-0.25, -0.2) is 0 Å². The van der Waals surface area contributed by atoms with Crippen molar-refractivity contribution in [2.75, 3.05) is 32.8 Å². The molecule has 21 heavy (non-hydrogen) atoms. The van der Waals surface area contributed by atoms with Crippen molar-refractivity contribution in [3.05, 3.63) is 0 Å². The number of cyclic esters (lactones) is 1. The third-order valence-electron chi connectivity index (χ3n) is 5.17. The number of carbonyl (C=O) groups is 2. The van der Waals surface area contributed by atoms with Gasteiger partial charge in [0.2, 0.25) is 5.91 Å². The molecule has 3 fully saturated rings. The van der Waals surface area contributed by atoms with Gasteiger partial charge >= 0.3 is 5.97 Å². The first kappa shape index (κ1) is 14.8. The molecule has 0 unspecified atom stereocenters. The topological polar surface area (TPSA) is 49.9 Å². The van der Waals surface area contributed by atoms with Crippen LogP contribution < -0.4 is 0 Å². The molecule has 118 valence electrons. The van der Waals surface area contributed by atoms with Crippen LogP contribution in [-0.4, -0.2) is 60.5 Å². The summed E-state index contributed by atoms with van der Waals surface area (Å²) in [6.45, 7) is 3.84. The zero-order valence-corrected chi connectivity index (χ0v) is 12.8. The molecule has 1 aliphatic carbocycles. The molecule has 2 aliphatic heterocycles. The lowest BCUT2D eigenvalue weighted by atomic mass is 10.0. The van der Waals surface area contributed by atoms with Crippen LogP contribution in [0.25, 0.3) is 0 Å². The summed E-state index contributed by atoms with van der Waals surface area (Å²) in [6.07, 6.45) is 7.50. The van der Waals surface area contributed by atoms with E-state index in [0.29, 0.717) is 18.4 Å². The van der Waals surface area contributed by atoms with Crippen LogP contribution in [0.3, 0.4) is 0 Å². The Balaban J connectivity index is 1.50. The minimum atomic E-state index is -0.0827. The number of esters is 1. The van der Waals surface area contributed by atoms with Crippen molar-refractivity contribution in [3.63, 3.8) is 0 Å². The van der Waals surface area contributed by atoms with Crippen molar-refractivity contribution < 1.29 is 14.3 Å². The minimum absolute atomic E-state index is 0.0742. The molecule has 0 N–H and O–H groups in total. The van der Waals surface area contributed by atoms with Gasteiger partial charge in [0.05, 0.1) is 6.61 Å². The largest absolute Gasteiger partial charge is 0.464 e. The summed E-state index contributed by atoms with van der Waals surface area (Å²) >= 11 is 0. The van der Waals surface area contributed by atoms with Gasteiger partial charge in [-0.2, -0.15) is 0 Å². The molecule has 0 aromatic carbocycles. The van der Waals surface area contributed by atoms with E-state index < -0.39 is 0 Å². The van der Waals surface area contributed by atoms with Crippen molar-refractivity contribution in [1.29, 1.82) is 0 Å². The number of hydrogen-bond acceptors (Lipinski definition) is 4. The normalized spacial score (nSPS) is 28.7. The summed E-state index contributed by atoms with van der Waals surface area (Å²) in [7, 11) is 0. The fraction of sp³-hybridized carbons (Fsp3) is 0.875. The van der Waals surface area contributed by atoms with Crippen LogP contribution >= 0.6 is 0 Å². The van der Waals surface area contributed by atoms with Crippen LogP contribution in [-0.2, 0) is 14.3 Å². The number of ether oxygens (including phenoxy) is 1. The Morgan fingerprint density at radius 3 is 2.57 bits per heavy atom. The summed E-state index contributed by atoms with van der Waals surface area (Å²) in [4.78, 5) is 28.3. The van der Waals surface area contributed by atoms with E-state index in [-0.39, 0.29) is 12.0 Å². The van der Waals surface area contributed by atoms with Crippen molar-refractivity contribution in [2.45, 2.75) is 51.0 Å². The fourth-order valence-electron chi connectivity index (χ4n) is 3.91. The molecule has 0 radical (unpaired) electrons. The van der Waals surface area contributed by atoms with Gasteiger partial charge < -0.3 is 9.64 Å². The molecule has 3 aliphatic rings. The van der Waals surface area contributed by atoms with Crippen LogP contribution in [0.2, 0.25) is 0 Å². The summed E-state index contributed by atoms with van der Waals surface area (Å²) < 4.78 is 5.06. The highest BCUT2D eigenvalue weighted by molar-refractivity contribution is 5.78. The first-order valence-electron chi connectivity index (χ1n) is 8.42. The second-order valence-electron chi connectivity index (χ2n) is 6.60. The molecular weight excluding hydrogens is 268 g/mol. The quantitative estimate of drug-likeness (QED) is 0.739. The molecule has 2 saturated heterocycles. The van der Waals surface area contributed by atoms with Crippen LogP contribution in [0.15, 0.2) is 0 Å². The molecule has 0 bridgehead atoms. The fourth-order valence-corrected chi connectivity index (χ4v) is 3.91. The average Bonchev–Trinajstić information content (AvgIpc) is 3.06. The molecule has 0 spiro atoms. The molecule has 1 saturated carbocycles. The number of nitrogens with zero attached hydrogens (tertiary/aromatic N) is 2. The predicted molar refractivity (Wildman–Crippen MR) is 78.7 cm³/mol. The maximum Gasteiger partial charge on any atom is 0.323 e. The Labute approximate surface area is 126 Å². The van der Waals surface area contributed by atoms with Crippen LogP contribution in [0, 0.1) is 5.92 Å². The highest BCUT2D eigenvalue weighted by atomic mass is 16.5. The molecule has 3 rings (SSSR count). The van der Waals surface area contributed by atoms with Crippen molar-refractivity contribution >= 4 is 11.9 Å². The second kappa shape index (κ2) is 6.77. The molecule has 2 heterocycles. The average molecular weight is 294 g/mol. The van der Waals surface area contributed by atoms with E-state index in [0.717, 1.165) is 45.4 Å². The Morgan fingerprint density at radius 1 is 1.05 bits per heavy atom. The third kappa shape index (κ3) is 3.57. The Bertz CT molecular complexity index is 393. The molecule has 5 heteroatoms. The molecule has 1 atom stereocenters. The summed E-state index contributed by atoms with van der Waals surface area (Å²) in [5.74, 6) is 0.847. The summed E-state index contributed by atoms with van der Waals surface area (Å²) in [6, 6.07) is -0.0742. The lowest BCUT2D eigenvalue weighted by molar-refractivity contribution is -0.142. The molecule has 0 aromatic heterocycles. The van der Waals surface area contributed by atoms with Gasteiger partial charge in [0.1, 0.15) is 6.04 Å². The van der Waals surface area contributed by atoms with Crippen molar-refractivity contribution in [1.82, 2.24) is 9.80 Å². The first-order valence-corrected chi connectivity index (χ1v) is 8.42. The minimum Gasteiger partial charge on any atom is -0.464 e.